The van der Waals surface area contributed by atoms with Gasteiger partial charge in [-0.1, -0.05) is 0 Å². The minimum Gasteiger partial charge on any atom is -0.324 e. The molecule has 10 nitrogen and oxygen atoms in total. The van der Waals surface area contributed by atoms with Crippen LogP contribution in [-0.2, 0) is 21.4 Å². The van der Waals surface area contributed by atoms with E-state index in [1.807, 2.05) is 0 Å². The van der Waals surface area contributed by atoms with E-state index in [4.69, 9.17) is 5.14 Å². The van der Waals surface area contributed by atoms with Gasteiger partial charge in [-0.05, 0) is 24.3 Å². The van der Waals surface area contributed by atoms with Gasteiger partial charge in [0.1, 0.15) is 18.9 Å². The Bertz CT molecular complexity index is 812. The second kappa shape index (κ2) is 5.91. The van der Waals surface area contributed by atoms with E-state index in [1.165, 1.54) is 24.3 Å². The van der Waals surface area contributed by atoms with Gasteiger partial charge in [0.25, 0.3) is 0 Å². The van der Waals surface area contributed by atoms with E-state index in [-0.39, 0.29) is 17.1 Å². The van der Waals surface area contributed by atoms with Gasteiger partial charge in [0.05, 0.1) is 9.82 Å². The van der Waals surface area contributed by atoms with Crippen LogP contribution < -0.4 is 10.5 Å². The number of benzene rings is 1. The predicted octanol–water partition coefficient (Wildman–Crippen LogP) is 0.0774. The summed E-state index contributed by atoms with van der Waals surface area (Å²) in [4.78, 5) is 21.6. The third kappa shape index (κ3) is 3.86. The van der Waals surface area contributed by atoms with Crippen molar-refractivity contribution in [2.24, 2.45) is 5.14 Å². The highest BCUT2D eigenvalue weighted by Gasteiger charge is 2.12. The zero-order valence-electron chi connectivity index (χ0n) is 11.0. The minimum atomic E-state index is -3.79. The lowest BCUT2D eigenvalue weighted by Gasteiger charge is -2.06. The molecule has 0 atom stereocenters. The van der Waals surface area contributed by atoms with Crippen LogP contribution >= 0.6 is 0 Å². The van der Waals surface area contributed by atoms with E-state index in [2.05, 4.69) is 10.4 Å². The fraction of sp³-hybridized carbons (Fsp3) is 0.0909. The highest BCUT2D eigenvalue weighted by molar-refractivity contribution is 7.89. The Morgan fingerprint density at radius 3 is 2.50 bits per heavy atom. The van der Waals surface area contributed by atoms with E-state index in [0.29, 0.717) is 5.69 Å². The van der Waals surface area contributed by atoms with Crippen molar-refractivity contribution in [2.75, 3.05) is 5.32 Å². The number of sulfonamides is 1. The number of hydrogen-bond donors (Lipinski definition) is 2. The lowest BCUT2D eigenvalue weighted by molar-refractivity contribution is -0.385. The van der Waals surface area contributed by atoms with Crippen LogP contribution in [0.15, 0.2) is 41.6 Å². The molecule has 0 unspecified atom stereocenters. The lowest BCUT2D eigenvalue weighted by atomic mass is 10.3. The molecule has 0 spiro atoms. The van der Waals surface area contributed by atoms with Gasteiger partial charge in [-0.2, -0.15) is 5.10 Å². The van der Waals surface area contributed by atoms with Crippen LogP contribution in [0.25, 0.3) is 0 Å². The molecule has 3 N–H and O–H groups in total. The van der Waals surface area contributed by atoms with Gasteiger partial charge >= 0.3 is 5.69 Å². The molecule has 0 aliphatic heterocycles. The first-order chi connectivity index (χ1) is 10.3. The van der Waals surface area contributed by atoms with E-state index < -0.39 is 20.9 Å². The van der Waals surface area contributed by atoms with Gasteiger partial charge in [0, 0.05) is 5.69 Å². The molecular weight excluding hydrogens is 314 g/mol. The van der Waals surface area contributed by atoms with Crippen molar-refractivity contribution in [2.45, 2.75) is 11.4 Å². The second-order valence-electron chi connectivity index (χ2n) is 4.27. The third-order valence-electron chi connectivity index (χ3n) is 2.60. The summed E-state index contributed by atoms with van der Waals surface area (Å²) in [5.74, 6) is -0.471. The lowest BCUT2D eigenvalue weighted by Crippen LogP contribution is -2.19. The fourth-order valence-electron chi connectivity index (χ4n) is 1.61. The highest BCUT2D eigenvalue weighted by atomic mass is 32.2. The Labute approximate surface area is 124 Å². The normalized spacial score (nSPS) is 11.1. The molecule has 2 aromatic rings. The number of hydrogen-bond acceptors (Lipinski definition) is 6. The van der Waals surface area contributed by atoms with Crippen LogP contribution in [0.5, 0.6) is 0 Å². The Morgan fingerprint density at radius 2 is 2.00 bits per heavy atom. The van der Waals surface area contributed by atoms with Crippen molar-refractivity contribution in [1.29, 1.82) is 0 Å². The van der Waals surface area contributed by atoms with Crippen LogP contribution in [0, 0.1) is 10.1 Å². The summed E-state index contributed by atoms with van der Waals surface area (Å²) >= 11 is 0. The maximum absolute atomic E-state index is 11.8. The van der Waals surface area contributed by atoms with Crippen LogP contribution in [0.2, 0.25) is 0 Å². The van der Waals surface area contributed by atoms with E-state index in [1.54, 1.807) is 0 Å². The van der Waals surface area contributed by atoms with Gasteiger partial charge in [-0.3, -0.25) is 19.6 Å². The maximum Gasteiger partial charge on any atom is 0.307 e. The number of rotatable bonds is 5. The number of nitrogens with one attached hydrogen (secondary N) is 1. The fourth-order valence-corrected chi connectivity index (χ4v) is 2.12. The molecule has 1 aromatic heterocycles. The number of nitrogens with zero attached hydrogens (tertiary/aromatic N) is 3. The summed E-state index contributed by atoms with van der Waals surface area (Å²) in [7, 11) is -3.79. The molecule has 116 valence electrons. The van der Waals surface area contributed by atoms with Crippen molar-refractivity contribution >= 4 is 27.3 Å². The molecule has 22 heavy (non-hydrogen) atoms. The van der Waals surface area contributed by atoms with Crippen LogP contribution in [0.1, 0.15) is 0 Å². The first kappa shape index (κ1) is 15.6. The summed E-state index contributed by atoms with van der Waals surface area (Å²) in [6.45, 7) is -0.217. The molecule has 0 aliphatic carbocycles. The number of anilines is 1. The molecule has 0 bridgehead atoms. The molecule has 1 amide bonds. The van der Waals surface area contributed by atoms with E-state index >= 15 is 0 Å². The average Bonchev–Trinajstić information content (AvgIpc) is 2.86. The van der Waals surface area contributed by atoms with Crippen LogP contribution in [0.3, 0.4) is 0 Å². The number of carbonyl (C=O) groups is 1. The molecule has 11 heteroatoms. The van der Waals surface area contributed by atoms with E-state index in [0.717, 1.165) is 17.1 Å². The first-order valence-corrected chi connectivity index (χ1v) is 7.40. The summed E-state index contributed by atoms with van der Waals surface area (Å²) in [5.41, 5.74) is 0.143. The van der Waals surface area contributed by atoms with Gasteiger partial charge in [-0.25, -0.2) is 13.6 Å². The Kier molecular flexibility index (Phi) is 4.19. The molecule has 0 saturated heterocycles. The third-order valence-corrected chi connectivity index (χ3v) is 3.53. The Hall–Kier alpha value is -2.79. The van der Waals surface area contributed by atoms with Crippen molar-refractivity contribution in [3.63, 3.8) is 0 Å². The summed E-state index contributed by atoms with van der Waals surface area (Å²) in [6.07, 6.45) is 2.16. The number of primary sulfonamides is 1. The maximum atomic E-state index is 11.8. The molecule has 0 fully saturated rings. The number of aromatic nitrogens is 2. The number of nitro groups is 1. The minimum absolute atomic E-state index is 0.0757. The van der Waals surface area contributed by atoms with Crippen LogP contribution in [-0.4, -0.2) is 29.0 Å². The topological polar surface area (TPSA) is 150 Å². The van der Waals surface area contributed by atoms with Crippen molar-refractivity contribution < 1.29 is 18.1 Å². The van der Waals surface area contributed by atoms with Crippen LogP contribution in [0.4, 0.5) is 11.4 Å². The summed E-state index contributed by atoms with van der Waals surface area (Å²) < 4.78 is 23.3. The quantitative estimate of drug-likeness (QED) is 0.587. The summed E-state index contributed by atoms with van der Waals surface area (Å²) in [5, 5.41) is 21.6. The van der Waals surface area contributed by atoms with Gasteiger partial charge in [0.2, 0.25) is 15.9 Å². The molecule has 1 aromatic carbocycles. The highest BCUT2D eigenvalue weighted by Crippen LogP contribution is 2.13. The zero-order chi connectivity index (χ0) is 16.3. The standard InChI is InChI=1S/C11H11N5O5S/c12-22(20,21)10-3-1-8(2-4-10)14-11(17)7-15-6-9(5-13-15)16(18)19/h1-6H,7H2,(H,14,17)(H2,12,20,21). The smallest absolute Gasteiger partial charge is 0.307 e. The second-order valence-corrected chi connectivity index (χ2v) is 5.83. The molecule has 0 aliphatic rings. The number of amides is 1. The molecule has 0 radical (unpaired) electrons. The van der Waals surface area contributed by atoms with Crippen molar-refractivity contribution in [3.05, 3.63) is 46.8 Å². The average molecular weight is 325 g/mol. The SMILES string of the molecule is NS(=O)(=O)c1ccc(NC(=O)Cn2cc([N+](=O)[O-])cn2)cc1. The summed E-state index contributed by atoms with van der Waals surface area (Å²) in [6, 6.07) is 5.26. The van der Waals surface area contributed by atoms with E-state index in [9.17, 15) is 23.3 Å². The van der Waals surface area contributed by atoms with Gasteiger partial charge in [-0.15, -0.1) is 0 Å². The molecule has 0 saturated carbocycles. The zero-order valence-corrected chi connectivity index (χ0v) is 11.9. The molecular formula is C11H11N5O5S. The monoisotopic (exact) mass is 325 g/mol. The van der Waals surface area contributed by atoms with Crippen molar-refractivity contribution in [1.82, 2.24) is 9.78 Å². The predicted molar refractivity (Wildman–Crippen MR) is 75.3 cm³/mol. The van der Waals surface area contributed by atoms with Crippen molar-refractivity contribution in [3.8, 4) is 0 Å². The first-order valence-electron chi connectivity index (χ1n) is 5.85. The van der Waals surface area contributed by atoms with Gasteiger partial charge in [0.15, 0.2) is 0 Å². The molecule has 2 rings (SSSR count). The Balaban J connectivity index is 2.01. The number of carbonyl (C=O) groups excluding carboxylic acids is 1. The van der Waals surface area contributed by atoms with Gasteiger partial charge < -0.3 is 5.32 Å². The molecule has 1 heterocycles. The largest absolute Gasteiger partial charge is 0.324 e. The Morgan fingerprint density at radius 1 is 1.36 bits per heavy atom. The number of nitrogens with two attached hydrogens (primary N) is 1.